The Hall–Kier alpha value is -1.24. The van der Waals surface area contributed by atoms with E-state index >= 15 is 0 Å². The van der Waals surface area contributed by atoms with Crippen molar-refractivity contribution in [3.63, 3.8) is 0 Å². The number of hydrogen-bond donors (Lipinski definition) is 1. The molecule has 0 saturated carbocycles. The Morgan fingerprint density at radius 2 is 2.13 bits per heavy atom. The van der Waals surface area contributed by atoms with Crippen molar-refractivity contribution in [1.82, 2.24) is 4.90 Å². The summed E-state index contributed by atoms with van der Waals surface area (Å²) in [5, 5.41) is 9.54. The summed E-state index contributed by atoms with van der Waals surface area (Å²) >= 11 is 1.70. The van der Waals surface area contributed by atoms with E-state index in [1.165, 1.54) is 4.90 Å². The number of thioether (sulfide) groups is 1. The lowest BCUT2D eigenvalue weighted by atomic mass is 10.0. The summed E-state index contributed by atoms with van der Waals surface area (Å²) in [5.74, 6) is 0.351. The van der Waals surface area contributed by atoms with Gasteiger partial charge in [-0.2, -0.15) is 11.8 Å². The normalized spacial score (nSPS) is 21.1. The van der Waals surface area contributed by atoms with E-state index in [4.69, 9.17) is 9.47 Å². The molecule has 6 heteroatoms. The van der Waals surface area contributed by atoms with Gasteiger partial charge in [-0.15, -0.1) is 0 Å². The Labute approximate surface area is 142 Å². The Morgan fingerprint density at radius 1 is 1.43 bits per heavy atom. The molecule has 1 aromatic rings. The van der Waals surface area contributed by atoms with E-state index in [9.17, 15) is 9.90 Å². The van der Waals surface area contributed by atoms with Crippen molar-refractivity contribution in [2.24, 2.45) is 5.92 Å². The molecule has 0 aromatic heterocycles. The van der Waals surface area contributed by atoms with Crippen molar-refractivity contribution in [2.45, 2.75) is 32.3 Å². The van der Waals surface area contributed by atoms with Gasteiger partial charge in [0.2, 0.25) is 0 Å². The molecule has 1 N–H and O–H groups in total. The lowest BCUT2D eigenvalue weighted by molar-refractivity contribution is -0.144. The summed E-state index contributed by atoms with van der Waals surface area (Å²) in [4.78, 5) is 13.1. The Bertz CT molecular complexity index is 509. The van der Waals surface area contributed by atoms with Crippen LogP contribution in [0.4, 0.5) is 4.79 Å². The molecule has 23 heavy (non-hydrogen) atoms. The van der Waals surface area contributed by atoms with Gasteiger partial charge >= 0.3 is 6.09 Å². The monoisotopic (exact) mass is 339 g/mol. The van der Waals surface area contributed by atoms with Crippen molar-refractivity contribution < 1.29 is 19.4 Å². The van der Waals surface area contributed by atoms with Crippen LogP contribution >= 0.6 is 11.8 Å². The lowest BCUT2D eigenvalue weighted by Crippen LogP contribution is -2.40. The van der Waals surface area contributed by atoms with Gasteiger partial charge < -0.3 is 19.5 Å². The average Bonchev–Trinajstić information content (AvgIpc) is 2.87. The molecule has 2 rings (SSSR count). The molecule has 1 amide bonds. The second-order valence-corrected chi connectivity index (χ2v) is 7.14. The van der Waals surface area contributed by atoms with E-state index in [2.05, 4.69) is 0 Å². The van der Waals surface area contributed by atoms with Crippen molar-refractivity contribution in [1.29, 1.82) is 0 Å². The molecule has 1 aromatic carbocycles. The molecule has 0 bridgehead atoms. The highest BCUT2D eigenvalue weighted by Gasteiger charge is 2.38. The van der Waals surface area contributed by atoms with Gasteiger partial charge in [0, 0.05) is 24.8 Å². The molecule has 1 aliphatic rings. The highest BCUT2D eigenvalue weighted by atomic mass is 32.2. The van der Waals surface area contributed by atoms with E-state index < -0.39 is 11.9 Å². The Kier molecular flexibility index (Phi) is 6.33. The fourth-order valence-electron chi connectivity index (χ4n) is 2.74. The number of hydrogen-bond acceptors (Lipinski definition) is 4. The molecule has 1 saturated heterocycles. The quantitative estimate of drug-likeness (QED) is 0.826. The van der Waals surface area contributed by atoms with Crippen LogP contribution in [0.15, 0.2) is 30.3 Å². The molecule has 1 fully saturated rings. The molecular formula is C17H25NO4S. The zero-order valence-corrected chi connectivity index (χ0v) is 14.7. The van der Waals surface area contributed by atoms with Crippen LogP contribution in [-0.4, -0.2) is 53.2 Å². The molecule has 1 heterocycles. The van der Waals surface area contributed by atoms with Gasteiger partial charge in [0.1, 0.15) is 0 Å². The van der Waals surface area contributed by atoms with Gasteiger partial charge in [-0.1, -0.05) is 30.3 Å². The molecule has 0 aliphatic carbocycles. The lowest BCUT2D eigenvalue weighted by Gasteiger charge is -2.29. The average molecular weight is 339 g/mol. The number of amides is 1. The second-order valence-electron chi connectivity index (χ2n) is 6.23. The molecule has 0 unspecified atom stereocenters. The predicted octanol–water partition coefficient (Wildman–Crippen LogP) is 3.30. The first kappa shape index (κ1) is 18.1. The summed E-state index contributed by atoms with van der Waals surface area (Å²) in [6.45, 7) is 5.12. The second kappa shape index (κ2) is 8.04. The fraction of sp³-hybridized carbons (Fsp3) is 0.588. The van der Waals surface area contributed by atoms with Crippen LogP contribution < -0.4 is 0 Å². The first-order valence-corrected chi connectivity index (χ1v) is 9.13. The molecule has 128 valence electrons. The number of rotatable bonds is 7. The first-order chi connectivity index (χ1) is 10.9. The van der Waals surface area contributed by atoms with E-state index in [1.807, 2.05) is 50.4 Å². The minimum absolute atomic E-state index is 0.0740. The maximum absolute atomic E-state index is 11.6. The first-order valence-electron chi connectivity index (χ1n) is 7.74. The van der Waals surface area contributed by atoms with Crippen molar-refractivity contribution in [3.8, 4) is 0 Å². The van der Waals surface area contributed by atoms with Gasteiger partial charge in [-0.05, 0) is 25.7 Å². The summed E-state index contributed by atoms with van der Waals surface area (Å²) in [5.41, 5.74) is 0.988. The standard InChI is InChI=1S/C17H25NO4S/c1-17(2)21-11-15(22-17)14(12-23-3)10-18(16(19)20)9-13-7-5-4-6-8-13/h4-8,14-15H,9-12H2,1-3H3,(H,19,20)/t14-,15+/m1/s1. The van der Waals surface area contributed by atoms with Crippen LogP contribution in [-0.2, 0) is 16.0 Å². The van der Waals surface area contributed by atoms with Crippen molar-refractivity contribution in [3.05, 3.63) is 35.9 Å². The highest BCUT2D eigenvalue weighted by molar-refractivity contribution is 7.98. The number of nitrogens with zero attached hydrogens (tertiary/aromatic N) is 1. The molecule has 5 nitrogen and oxygen atoms in total. The van der Waals surface area contributed by atoms with Crippen LogP contribution in [0.5, 0.6) is 0 Å². The molecule has 2 atom stereocenters. The Balaban J connectivity index is 2.04. The number of benzene rings is 1. The fourth-order valence-corrected chi connectivity index (χ4v) is 3.48. The van der Waals surface area contributed by atoms with E-state index in [0.717, 1.165) is 11.3 Å². The predicted molar refractivity (Wildman–Crippen MR) is 91.7 cm³/mol. The van der Waals surface area contributed by atoms with Crippen molar-refractivity contribution in [2.75, 3.05) is 25.2 Å². The van der Waals surface area contributed by atoms with Gasteiger partial charge in [0.05, 0.1) is 12.7 Å². The van der Waals surface area contributed by atoms with Crippen LogP contribution in [0.2, 0.25) is 0 Å². The third-order valence-electron chi connectivity index (χ3n) is 3.88. The summed E-state index contributed by atoms with van der Waals surface area (Å²) < 4.78 is 11.6. The summed E-state index contributed by atoms with van der Waals surface area (Å²) in [6, 6.07) is 9.66. The molecular weight excluding hydrogens is 314 g/mol. The topological polar surface area (TPSA) is 59.0 Å². The minimum Gasteiger partial charge on any atom is -0.465 e. The molecule has 0 spiro atoms. The van der Waals surface area contributed by atoms with E-state index in [1.54, 1.807) is 11.8 Å². The van der Waals surface area contributed by atoms with Crippen molar-refractivity contribution >= 4 is 17.9 Å². The number of carbonyl (C=O) groups is 1. The minimum atomic E-state index is -0.905. The maximum atomic E-state index is 11.6. The van der Waals surface area contributed by atoms with Crippen LogP contribution in [0.1, 0.15) is 19.4 Å². The third kappa shape index (κ3) is 5.41. The van der Waals surface area contributed by atoms with Crippen LogP contribution in [0.25, 0.3) is 0 Å². The third-order valence-corrected chi connectivity index (χ3v) is 4.64. The van der Waals surface area contributed by atoms with E-state index in [0.29, 0.717) is 19.7 Å². The maximum Gasteiger partial charge on any atom is 0.407 e. The smallest absolute Gasteiger partial charge is 0.407 e. The largest absolute Gasteiger partial charge is 0.465 e. The summed E-state index contributed by atoms with van der Waals surface area (Å²) in [7, 11) is 0. The number of carboxylic acid groups (broad SMARTS) is 1. The van der Waals surface area contributed by atoms with Gasteiger partial charge in [-0.3, -0.25) is 0 Å². The molecule has 1 aliphatic heterocycles. The highest BCUT2D eigenvalue weighted by Crippen LogP contribution is 2.29. The number of ether oxygens (including phenoxy) is 2. The van der Waals surface area contributed by atoms with Gasteiger partial charge in [0.25, 0.3) is 0 Å². The van der Waals surface area contributed by atoms with Crippen LogP contribution in [0, 0.1) is 5.92 Å². The summed E-state index contributed by atoms with van der Waals surface area (Å²) in [6.07, 6.45) is 1.05. The Morgan fingerprint density at radius 3 is 2.65 bits per heavy atom. The zero-order chi connectivity index (χ0) is 16.9. The molecule has 0 radical (unpaired) electrons. The van der Waals surface area contributed by atoms with Gasteiger partial charge in [0.15, 0.2) is 5.79 Å². The van der Waals surface area contributed by atoms with E-state index in [-0.39, 0.29) is 12.0 Å². The van der Waals surface area contributed by atoms with Gasteiger partial charge in [-0.25, -0.2) is 4.79 Å². The van der Waals surface area contributed by atoms with Crippen LogP contribution in [0.3, 0.4) is 0 Å². The zero-order valence-electron chi connectivity index (χ0n) is 13.9. The SMILES string of the molecule is CSC[C@@H](CN(Cc1ccccc1)C(=O)O)[C@@H]1COC(C)(C)O1.